The van der Waals surface area contributed by atoms with Crippen molar-refractivity contribution in [3.8, 4) is 0 Å². The highest BCUT2D eigenvalue weighted by atomic mass is 35.5. The van der Waals surface area contributed by atoms with E-state index in [1.54, 1.807) is 4.90 Å². The normalized spacial score (nSPS) is 30.6. The van der Waals surface area contributed by atoms with Crippen molar-refractivity contribution < 1.29 is 22.4 Å². The molecule has 1 amide bonds. The zero-order valence-corrected chi connectivity index (χ0v) is 19.7. The van der Waals surface area contributed by atoms with E-state index >= 15 is 0 Å². The van der Waals surface area contributed by atoms with Crippen LogP contribution in [0.3, 0.4) is 0 Å². The fourth-order valence-corrected chi connectivity index (χ4v) is 7.56. The second-order valence-corrected chi connectivity index (χ2v) is 11.1. The van der Waals surface area contributed by atoms with Crippen molar-refractivity contribution in [1.82, 2.24) is 10.2 Å². The predicted molar refractivity (Wildman–Crippen MR) is 121 cm³/mol. The van der Waals surface area contributed by atoms with Crippen molar-refractivity contribution in [2.45, 2.75) is 44.9 Å². The van der Waals surface area contributed by atoms with Gasteiger partial charge in [0.1, 0.15) is 10.7 Å². The van der Waals surface area contributed by atoms with Crippen LogP contribution in [-0.4, -0.2) is 42.1 Å². The highest BCUT2D eigenvalue weighted by molar-refractivity contribution is 7.80. The largest absolute Gasteiger partial charge is 0.363 e. The van der Waals surface area contributed by atoms with Crippen LogP contribution >= 0.6 is 23.8 Å². The van der Waals surface area contributed by atoms with Gasteiger partial charge >= 0.3 is 0 Å². The summed E-state index contributed by atoms with van der Waals surface area (Å²) in [5, 5.41) is 1.92. The molecule has 33 heavy (non-hydrogen) atoms. The molecule has 1 N–H and O–H groups in total. The van der Waals surface area contributed by atoms with E-state index in [1.165, 1.54) is 24.2 Å². The third-order valence-electron chi connectivity index (χ3n) is 8.02. The summed E-state index contributed by atoms with van der Waals surface area (Å²) in [5.74, 6) is -4.06. The van der Waals surface area contributed by atoms with Gasteiger partial charge in [-0.15, -0.1) is 0 Å². The molecule has 4 nitrogen and oxygen atoms in total. The van der Waals surface area contributed by atoms with Gasteiger partial charge in [-0.05, 0) is 73.9 Å². The van der Waals surface area contributed by atoms with E-state index in [9.17, 15) is 22.4 Å². The molecular weight excluding hydrogens is 478 g/mol. The van der Waals surface area contributed by atoms with E-state index in [1.807, 2.05) is 0 Å². The summed E-state index contributed by atoms with van der Waals surface area (Å²) < 4.78 is 56.2. The lowest BCUT2D eigenvalue weighted by Gasteiger charge is -2.56. The van der Waals surface area contributed by atoms with Gasteiger partial charge in [0.25, 0.3) is 0 Å². The molecular formula is C23H26ClF4N3OS. The number of rotatable bonds is 3. The summed E-state index contributed by atoms with van der Waals surface area (Å²) >= 11 is 10.7. The van der Waals surface area contributed by atoms with Gasteiger partial charge in [0, 0.05) is 32.6 Å². The Bertz CT molecular complexity index is 934. The first-order valence-electron chi connectivity index (χ1n) is 11.5. The average molecular weight is 504 g/mol. The quantitative estimate of drug-likeness (QED) is 0.272. The maximum atomic E-state index is 14.3. The number of thiocarbonyl (C=S) groups is 1. The molecule has 4 aliphatic carbocycles. The van der Waals surface area contributed by atoms with Gasteiger partial charge in [-0.25, -0.2) is 17.6 Å². The lowest BCUT2D eigenvalue weighted by atomic mass is 9.49. The minimum atomic E-state index is -1.61. The number of anilines is 1. The third kappa shape index (κ3) is 4.20. The molecule has 180 valence electrons. The molecule has 1 aromatic rings. The molecule has 1 saturated heterocycles. The molecule has 5 fully saturated rings. The number of piperazine rings is 1. The fraction of sp³-hybridized carbons (Fsp3) is 0.652. The number of hydrogen-bond acceptors (Lipinski definition) is 3. The van der Waals surface area contributed by atoms with Crippen LogP contribution in [0.4, 0.5) is 23.2 Å². The fourth-order valence-electron chi connectivity index (χ4n) is 7.09. The number of nitrogens with zero attached hydrogens (tertiary/aromatic N) is 2. The lowest BCUT2D eigenvalue weighted by Crippen LogP contribution is -2.54. The van der Waals surface area contributed by atoms with E-state index in [4.69, 9.17) is 23.8 Å². The topological polar surface area (TPSA) is 35.6 Å². The number of benzene rings is 1. The Balaban J connectivity index is 1.18. The number of nitrogens with one attached hydrogen (secondary N) is 1. The van der Waals surface area contributed by atoms with Crippen molar-refractivity contribution in [1.29, 1.82) is 0 Å². The molecule has 0 spiro atoms. The first kappa shape index (κ1) is 23.1. The number of hydrogen-bond donors (Lipinski definition) is 1. The van der Waals surface area contributed by atoms with Crippen molar-refractivity contribution >= 4 is 40.5 Å². The zero-order valence-electron chi connectivity index (χ0n) is 18.1. The Kier molecular flexibility index (Phi) is 6.00. The van der Waals surface area contributed by atoms with Crippen LogP contribution < -0.4 is 10.2 Å². The van der Waals surface area contributed by atoms with E-state index in [-0.39, 0.29) is 42.6 Å². The van der Waals surface area contributed by atoms with Crippen LogP contribution in [0.25, 0.3) is 0 Å². The van der Waals surface area contributed by atoms with Gasteiger partial charge in [-0.3, -0.25) is 4.79 Å². The Labute approximate surface area is 200 Å². The highest BCUT2D eigenvalue weighted by Gasteiger charge is 2.51. The molecule has 5 aliphatic rings. The summed E-state index contributed by atoms with van der Waals surface area (Å²) in [6.07, 6.45) is 7.80. The van der Waals surface area contributed by atoms with Crippen LogP contribution in [0, 0.1) is 46.4 Å². The van der Waals surface area contributed by atoms with Crippen molar-refractivity contribution in [2.75, 3.05) is 31.1 Å². The number of carbonyl (C=O) groups excluding carboxylic acids is 1. The van der Waals surface area contributed by atoms with Crippen LogP contribution in [0.5, 0.6) is 0 Å². The van der Waals surface area contributed by atoms with Gasteiger partial charge in [0.05, 0.1) is 0 Å². The van der Waals surface area contributed by atoms with Crippen molar-refractivity contribution in [3.05, 3.63) is 28.3 Å². The molecule has 4 saturated carbocycles. The third-order valence-corrected chi connectivity index (χ3v) is 8.71. The van der Waals surface area contributed by atoms with E-state index in [0.717, 1.165) is 37.0 Å². The zero-order chi connectivity index (χ0) is 23.5. The smallest absolute Gasteiger partial charge is 0.226 e. The minimum absolute atomic E-state index is 0.0803. The maximum absolute atomic E-state index is 14.3. The van der Waals surface area contributed by atoms with Gasteiger partial charge in [-0.1, -0.05) is 11.6 Å². The SMILES string of the molecule is O=C(CC12CC3CC(CC(C3)C1)C2)NC(=S)N1CCN(c2c(F)c(F)c(Cl)c(F)c2F)CC1. The van der Waals surface area contributed by atoms with Crippen LogP contribution in [0.1, 0.15) is 44.9 Å². The summed E-state index contributed by atoms with van der Waals surface area (Å²) in [5.41, 5.74) is -0.670. The highest BCUT2D eigenvalue weighted by Crippen LogP contribution is 2.61. The molecule has 1 aromatic carbocycles. The van der Waals surface area contributed by atoms with E-state index in [2.05, 4.69) is 5.32 Å². The second kappa shape index (κ2) is 8.56. The van der Waals surface area contributed by atoms with Crippen LogP contribution in [0.2, 0.25) is 5.02 Å². The lowest BCUT2D eigenvalue weighted by molar-refractivity contribution is -0.128. The van der Waals surface area contributed by atoms with E-state index in [0.29, 0.717) is 6.42 Å². The monoisotopic (exact) mass is 503 g/mol. The number of amides is 1. The summed E-state index contributed by atoms with van der Waals surface area (Å²) in [6, 6.07) is 0. The molecule has 0 unspecified atom stereocenters. The van der Waals surface area contributed by atoms with Crippen LogP contribution in [-0.2, 0) is 4.79 Å². The number of halogens is 5. The molecule has 1 heterocycles. The summed E-state index contributed by atoms with van der Waals surface area (Å²) in [7, 11) is 0. The Hall–Kier alpha value is -1.61. The minimum Gasteiger partial charge on any atom is -0.363 e. The second-order valence-electron chi connectivity index (χ2n) is 10.3. The van der Waals surface area contributed by atoms with E-state index < -0.39 is 34.0 Å². The van der Waals surface area contributed by atoms with Gasteiger partial charge in [0.2, 0.25) is 5.91 Å². The molecule has 0 atom stereocenters. The van der Waals surface area contributed by atoms with Crippen molar-refractivity contribution in [3.63, 3.8) is 0 Å². The predicted octanol–water partition coefficient (Wildman–Crippen LogP) is 5.03. The maximum Gasteiger partial charge on any atom is 0.226 e. The molecule has 0 radical (unpaired) electrons. The van der Waals surface area contributed by atoms with Crippen LogP contribution in [0.15, 0.2) is 0 Å². The van der Waals surface area contributed by atoms with Gasteiger partial charge < -0.3 is 15.1 Å². The molecule has 4 bridgehead atoms. The Morgan fingerprint density at radius 2 is 1.39 bits per heavy atom. The first-order chi connectivity index (χ1) is 15.7. The molecule has 1 aliphatic heterocycles. The van der Waals surface area contributed by atoms with Gasteiger partial charge in [-0.2, -0.15) is 0 Å². The standard InChI is InChI=1S/C23H26ClF4N3OS/c24-16-17(25)19(27)21(20(28)18(16)26)30-1-3-31(4-2-30)22(33)29-15(32)11-23-8-12-5-13(9-23)7-14(6-12)10-23/h12-14H,1-11H2,(H,29,32,33). The van der Waals surface area contributed by atoms with Gasteiger partial charge in [0.15, 0.2) is 28.4 Å². The summed E-state index contributed by atoms with van der Waals surface area (Å²) in [4.78, 5) is 15.8. The molecule has 10 heteroatoms. The molecule has 6 rings (SSSR count). The Morgan fingerprint density at radius 3 is 1.88 bits per heavy atom. The average Bonchev–Trinajstić information content (AvgIpc) is 2.75. The molecule has 0 aromatic heterocycles. The number of carbonyl (C=O) groups is 1. The first-order valence-corrected chi connectivity index (χ1v) is 12.3. The van der Waals surface area contributed by atoms with Crippen molar-refractivity contribution in [2.24, 2.45) is 23.2 Å². The summed E-state index contributed by atoms with van der Waals surface area (Å²) in [6.45, 7) is 0.668. The Morgan fingerprint density at radius 1 is 0.909 bits per heavy atom.